The molecule has 0 spiro atoms. The van der Waals surface area contributed by atoms with Crippen LogP contribution in [0, 0.1) is 6.92 Å². The average molecular weight is 301 g/mol. The minimum atomic E-state index is -0.137. The van der Waals surface area contributed by atoms with Gasteiger partial charge in [-0.2, -0.15) is 0 Å². The second-order valence-corrected chi connectivity index (χ2v) is 6.66. The first-order chi connectivity index (χ1) is 10.2. The number of hydrogen-bond donors (Lipinski definition) is 2. The molecule has 4 nitrogen and oxygen atoms in total. The maximum atomic E-state index is 11.8. The number of benzene rings is 1. The molecule has 2 N–H and O–H groups in total. The van der Waals surface area contributed by atoms with Crippen LogP contribution < -0.4 is 10.6 Å². The molecule has 0 fully saturated rings. The van der Waals surface area contributed by atoms with E-state index >= 15 is 0 Å². The van der Waals surface area contributed by atoms with Crippen molar-refractivity contribution in [3.05, 3.63) is 51.0 Å². The van der Waals surface area contributed by atoms with E-state index in [9.17, 15) is 4.79 Å². The zero-order valence-electron chi connectivity index (χ0n) is 12.1. The molecule has 5 heteroatoms. The molecule has 1 heterocycles. The van der Waals surface area contributed by atoms with E-state index in [1.165, 1.54) is 36.0 Å². The molecule has 0 atom stereocenters. The lowest BCUT2D eigenvalue weighted by molar-refractivity contribution is 0.240. The molecule has 110 valence electrons. The SMILES string of the molecule is Cc1ncc(CNC(=O)NCc2ccc3c(c2)CCC3)s1. The number of nitrogens with zero attached hydrogens (tertiary/aromatic N) is 1. The molecule has 0 unspecified atom stereocenters. The second kappa shape index (κ2) is 6.26. The molecule has 1 aromatic heterocycles. The zero-order valence-corrected chi connectivity index (χ0v) is 12.9. The summed E-state index contributed by atoms with van der Waals surface area (Å²) < 4.78 is 0. The monoisotopic (exact) mass is 301 g/mol. The van der Waals surface area contributed by atoms with Gasteiger partial charge in [0.05, 0.1) is 11.6 Å². The number of carbonyl (C=O) groups excluding carboxylic acids is 1. The van der Waals surface area contributed by atoms with Crippen LogP contribution >= 0.6 is 11.3 Å². The van der Waals surface area contributed by atoms with Gasteiger partial charge in [-0.05, 0) is 42.9 Å². The van der Waals surface area contributed by atoms with Crippen LogP contribution in [0.1, 0.15) is 33.0 Å². The van der Waals surface area contributed by atoms with Gasteiger partial charge >= 0.3 is 6.03 Å². The van der Waals surface area contributed by atoms with Gasteiger partial charge in [-0.1, -0.05) is 18.2 Å². The van der Waals surface area contributed by atoms with E-state index in [1.54, 1.807) is 17.5 Å². The molecule has 3 rings (SSSR count). The lowest BCUT2D eigenvalue weighted by atomic mass is 10.1. The third-order valence-electron chi connectivity index (χ3n) is 3.71. The highest BCUT2D eigenvalue weighted by molar-refractivity contribution is 7.11. The number of nitrogens with one attached hydrogen (secondary N) is 2. The Labute approximate surface area is 128 Å². The Morgan fingerprint density at radius 2 is 2.05 bits per heavy atom. The second-order valence-electron chi connectivity index (χ2n) is 5.34. The Morgan fingerprint density at radius 3 is 2.86 bits per heavy atom. The molecule has 2 aromatic rings. The molecule has 21 heavy (non-hydrogen) atoms. The first-order valence-electron chi connectivity index (χ1n) is 7.24. The maximum Gasteiger partial charge on any atom is 0.315 e. The summed E-state index contributed by atoms with van der Waals surface area (Å²) in [4.78, 5) is 17.0. The predicted molar refractivity (Wildman–Crippen MR) is 84.4 cm³/mol. The van der Waals surface area contributed by atoms with Gasteiger partial charge in [-0.25, -0.2) is 9.78 Å². The fourth-order valence-electron chi connectivity index (χ4n) is 2.63. The van der Waals surface area contributed by atoms with Gasteiger partial charge in [0, 0.05) is 17.6 Å². The van der Waals surface area contributed by atoms with Crippen molar-refractivity contribution in [1.82, 2.24) is 15.6 Å². The van der Waals surface area contributed by atoms with E-state index in [1.807, 2.05) is 6.92 Å². The van der Waals surface area contributed by atoms with Gasteiger partial charge < -0.3 is 10.6 Å². The number of rotatable bonds is 4. The molecular formula is C16H19N3OS. The smallest absolute Gasteiger partial charge is 0.315 e. The van der Waals surface area contributed by atoms with Crippen LogP contribution in [-0.2, 0) is 25.9 Å². The average Bonchev–Trinajstić information content (AvgIpc) is 3.10. The van der Waals surface area contributed by atoms with Gasteiger partial charge in [0.1, 0.15) is 0 Å². The molecule has 1 aliphatic rings. The van der Waals surface area contributed by atoms with Gasteiger partial charge in [-0.15, -0.1) is 11.3 Å². The molecule has 1 aliphatic carbocycles. The molecule has 0 bridgehead atoms. The Morgan fingerprint density at radius 1 is 1.24 bits per heavy atom. The minimum Gasteiger partial charge on any atom is -0.334 e. The first kappa shape index (κ1) is 14.1. The first-order valence-corrected chi connectivity index (χ1v) is 8.06. The van der Waals surface area contributed by atoms with E-state index in [0.717, 1.165) is 9.88 Å². The number of hydrogen-bond acceptors (Lipinski definition) is 3. The Bertz CT molecular complexity index is 651. The summed E-state index contributed by atoms with van der Waals surface area (Å²) in [6, 6.07) is 6.38. The van der Waals surface area contributed by atoms with E-state index in [2.05, 4.69) is 33.8 Å². The minimum absolute atomic E-state index is 0.137. The summed E-state index contributed by atoms with van der Waals surface area (Å²) in [5.41, 5.74) is 4.07. The molecule has 2 amide bonds. The number of aromatic nitrogens is 1. The quantitative estimate of drug-likeness (QED) is 0.912. The van der Waals surface area contributed by atoms with E-state index < -0.39 is 0 Å². The molecule has 0 aliphatic heterocycles. The van der Waals surface area contributed by atoms with E-state index in [-0.39, 0.29) is 6.03 Å². The van der Waals surface area contributed by atoms with Crippen LogP contribution in [0.2, 0.25) is 0 Å². The van der Waals surface area contributed by atoms with Crippen molar-refractivity contribution < 1.29 is 4.79 Å². The van der Waals surface area contributed by atoms with Crippen LogP contribution in [0.4, 0.5) is 4.79 Å². The Balaban J connectivity index is 1.47. The summed E-state index contributed by atoms with van der Waals surface area (Å²) in [6.45, 7) is 3.06. The number of fused-ring (bicyclic) bond motifs is 1. The lowest BCUT2D eigenvalue weighted by Gasteiger charge is -2.08. The molecule has 0 saturated heterocycles. The van der Waals surface area contributed by atoms with Gasteiger partial charge in [0.25, 0.3) is 0 Å². The number of amides is 2. The topological polar surface area (TPSA) is 54.0 Å². The van der Waals surface area contributed by atoms with E-state index in [0.29, 0.717) is 13.1 Å². The van der Waals surface area contributed by atoms with Crippen molar-refractivity contribution in [1.29, 1.82) is 0 Å². The number of aryl methyl sites for hydroxylation is 3. The van der Waals surface area contributed by atoms with Crippen LogP contribution in [-0.4, -0.2) is 11.0 Å². The van der Waals surface area contributed by atoms with Crippen molar-refractivity contribution in [2.45, 2.75) is 39.3 Å². The summed E-state index contributed by atoms with van der Waals surface area (Å²) >= 11 is 1.60. The standard InChI is InChI=1S/C16H19N3OS/c1-11-17-9-15(21-11)10-19-16(20)18-8-12-5-6-13-3-2-4-14(13)7-12/h5-7,9H,2-4,8,10H2,1H3,(H2,18,19,20). The molecule has 0 radical (unpaired) electrons. The normalized spacial score (nSPS) is 13.0. The molecule has 1 aromatic carbocycles. The van der Waals surface area contributed by atoms with Crippen molar-refractivity contribution in [2.24, 2.45) is 0 Å². The van der Waals surface area contributed by atoms with Gasteiger partial charge in [-0.3, -0.25) is 0 Å². The highest BCUT2D eigenvalue weighted by atomic mass is 32.1. The molecular weight excluding hydrogens is 282 g/mol. The lowest BCUT2D eigenvalue weighted by Crippen LogP contribution is -2.34. The largest absolute Gasteiger partial charge is 0.334 e. The van der Waals surface area contributed by atoms with Gasteiger partial charge in [0.2, 0.25) is 0 Å². The summed E-state index contributed by atoms with van der Waals surface area (Å²) in [7, 11) is 0. The number of carbonyl (C=O) groups is 1. The van der Waals surface area contributed by atoms with Crippen molar-refractivity contribution in [3.8, 4) is 0 Å². The predicted octanol–water partition coefficient (Wildman–Crippen LogP) is 2.94. The summed E-state index contributed by atoms with van der Waals surface area (Å²) in [6.07, 6.45) is 5.42. The van der Waals surface area contributed by atoms with Crippen LogP contribution in [0.25, 0.3) is 0 Å². The fourth-order valence-corrected chi connectivity index (χ4v) is 3.37. The van der Waals surface area contributed by atoms with Crippen LogP contribution in [0.15, 0.2) is 24.4 Å². The fraction of sp³-hybridized carbons (Fsp3) is 0.375. The number of urea groups is 1. The highest BCUT2D eigenvalue weighted by Crippen LogP contribution is 2.22. The van der Waals surface area contributed by atoms with Crippen molar-refractivity contribution in [2.75, 3.05) is 0 Å². The van der Waals surface area contributed by atoms with Crippen LogP contribution in [0.5, 0.6) is 0 Å². The highest BCUT2D eigenvalue weighted by Gasteiger charge is 2.11. The van der Waals surface area contributed by atoms with Gasteiger partial charge in [0.15, 0.2) is 0 Å². The molecule has 0 saturated carbocycles. The summed E-state index contributed by atoms with van der Waals surface area (Å²) in [5.74, 6) is 0. The van der Waals surface area contributed by atoms with Crippen molar-refractivity contribution in [3.63, 3.8) is 0 Å². The number of thiazole rings is 1. The van der Waals surface area contributed by atoms with Crippen molar-refractivity contribution >= 4 is 17.4 Å². The zero-order chi connectivity index (χ0) is 14.7. The summed E-state index contributed by atoms with van der Waals surface area (Å²) in [5, 5.41) is 6.78. The maximum absolute atomic E-state index is 11.8. The third kappa shape index (κ3) is 3.61. The Kier molecular flexibility index (Phi) is 4.20. The third-order valence-corrected chi connectivity index (χ3v) is 4.62. The Hall–Kier alpha value is -1.88. The van der Waals surface area contributed by atoms with E-state index in [4.69, 9.17) is 0 Å². The van der Waals surface area contributed by atoms with Crippen LogP contribution in [0.3, 0.4) is 0 Å².